The zero-order valence-corrected chi connectivity index (χ0v) is 14.3. The van der Waals surface area contributed by atoms with E-state index >= 15 is 0 Å². The van der Waals surface area contributed by atoms with Gasteiger partial charge in [0.25, 0.3) is 0 Å². The molecule has 8 nitrogen and oxygen atoms in total. The summed E-state index contributed by atoms with van der Waals surface area (Å²) in [5.41, 5.74) is 0.364. The van der Waals surface area contributed by atoms with Gasteiger partial charge in [0.1, 0.15) is 11.4 Å². The summed E-state index contributed by atoms with van der Waals surface area (Å²) in [5, 5.41) is 17.1. The summed E-state index contributed by atoms with van der Waals surface area (Å²) >= 11 is 0. The Hall–Kier alpha value is -2.18. The fourth-order valence-electron chi connectivity index (χ4n) is 2.42. The maximum atomic E-state index is 12.5. The van der Waals surface area contributed by atoms with Crippen LogP contribution in [0.3, 0.4) is 0 Å². The number of nitrogens with zero attached hydrogens (tertiary/aromatic N) is 4. The van der Waals surface area contributed by atoms with E-state index in [-0.39, 0.29) is 24.0 Å². The molecule has 0 amide bonds. The highest BCUT2D eigenvalue weighted by Gasteiger charge is 2.39. The van der Waals surface area contributed by atoms with E-state index in [1.807, 2.05) is 0 Å². The van der Waals surface area contributed by atoms with Crippen molar-refractivity contribution in [3.8, 4) is 5.75 Å². The molecule has 12 heteroatoms. The number of hydrogen-bond donors (Lipinski definition) is 1. The van der Waals surface area contributed by atoms with Crippen molar-refractivity contribution in [2.24, 2.45) is 0 Å². The topological polar surface area (TPSA) is 97.5 Å². The van der Waals surface area contributed by atoms with E-state index in [0.29, 0.717) is 5.69 Å². The predicted molar refractivity (Wildman–Crippen MR) is 81.6 cm³/mol. The van der Waals surface area contributed by atoms with Gasteiger partial charge in [0.15, 0.2) is 0 Å². The van der Waals surface area contributed by atoms with E-state index in [2.05, 4.69) is 15.0 Å². The molecule has 1 N–H and O–H groups in total. The summed E-state index contributed by atoms with van der Waals surface area (Å²) in [4.78, 5) is -0.291. The lowest BCUT2D eigenvalue weighted by atomic mass is 10.2. The number of aliphatic hydroxyl groups is 1. The number of benzene rings is 1. The van der Waals surface area contributed by atoms with Gasteiger partial charge in [0.2, 0.25) is 10.0 Å². The van der Waals surface area contributed by atoms with E-state index in [4.69, 9.17) is 0 Å². The number of sulfonamides is 1. The quantitative estimate of drug-likeness (QED) is 0.828. The Morgan fingerprint density at radius 1 is 1.35 bits per heavy atom. The third-order valence-corrected chi connectivity index (χ3v) is 5.66. The normalized spacial score (nSPS) is 17.7. The van der Waals surface area contributed by atoms with Crippen molar-refractivity contribution in [1.29, 1.82) is 0 Å². The van der Waals surface area contributed by atoms with E-state index in [1.54, 1.807) is 0 Å². The molecule has 1 aromatic heterocycles. The molecule has 1 saturated heterocycles. The van der Waals surface area contributed by atoms with Crippen LogP contribution in [0.25, 0.3) is 0 Å². The van der Waals surface area contributed by atoms with Crippen LogP contribution in [0.2, 0.25) is 0 Å². The number of ether oxygens (including phenoxy) is 1. The van der Waals surface area contributed by atoms with Crippen LogP contribution < -0.4 is 4.74 Å². The third kappa shape index (κ3) is 3.81. The van der Waals surface area contributed by atoms with E-state index in [0.717, 1.165) is 16.4 Å². The molecule has 1 fully saturated rings. The van der Waals surface area contributed by atoms with Crippen molar-refractivity contribution in [2.45, 2.75) is 30.3 Å². The number of aromatic nitrogens is 3. The second-order valence-electron chi connectivity index (χ2n) is 5.80. The molecule has 0 saturated carbocycles. The molecule has 1 aliphatic rings. The lowest BCUT2D eigenvalue weighted by molar-refractivity contribution is -0.274. The van der Waals surface area contributed by atoms with Gasteiger partial charge in [0, 0.05) is 19.2 Å². The first kappa shape index (κ1) is 18.6. The van der Waals surface area contributed by atoms with Crippen molar-refractivity contribution in [3.05, 3.63) is 36.2 Å². The van der Waals surface area contributed by atoms with Crippen LogP contribution in [0.4, 0.5) is 13.2 Å². The van der Waals surface area contributed by atoms with Gasteiger partial charge >= 0.3 is 6.36 Å². The van der Waals surface area contributed by atoms with Gasteiger partial charge in [-0.1, -0.05) is 11.3 Å². The number of rotatable bonds is 5. The van der Waals surface area contributed by atoms with Gasteiger partial charge in [-0.25, -0.2) is 13.1 Å². The molecular weight excluding hydrogens is 377 g/mol. The maximum Gasteiger partial charge on any atom is 0.573 e. The molecule has 0 unspecified atom stereocenters. The highest BCUT2D eigenvalue weighted by atomic mass is 32.2. The molecule has 1 aromatic carbocycles. The summed E-state index contributed by atoms with van der Waals surface area (Å²) in [6.45, 7) is 1.71. The largest absolute Gasteiger partial charge is 0.573 e. The predicted octanol–water partition coefficient (Wildman–Crippen LogP) is 1.48. The molecule has 0 aliphatic carbocycles. The van der Waals surface area contributed by atoms with Gasteiger partial charge in [-0.3, -0.25) is 0 Å². The van der Waals surface area contributed by atoms with Gasteiger partial charge in [-0.2, -0.15) is 4.31 Å². The fourth-order valence-corrected chi connectivity index (χ4v) is 3.97. The molecule has 2 heterocycles. The van der Waals surface area contributed by atoms with Crippen LogP contribution in [-0.4, -0.2) is 52.3 Å². The monoisotopic (exact) mass is 392 g/mol. The third-order valence-electron chi connectivity index (χ3n) is 3.84. The average molecular weight is 392 g/mol. The minimum atomic E-state index is -4.90. The Balaban J connectivity index is 1.71. The standard InChI is InChI=1S/C14H15F3N4O4S/c1-9(22)13-8-21(19-18-13)10-6-20(7-10)26(23,24)12-4-2-3-11(5-12)25-14(15,16)17/h2-5,8-10,22H,6-7H2,1H3/t9-/m1/s1. The molecule has 0 spiro atoms. The van der Waals surface area contributed by atoms with E-state index < -0.39 is 28.2 Å². The van der Waals surface area contributed by atoms with Crippen molar-refractivity contribution in [2.75, 3.05) is 13.1 Å². The SMILES string of the molecule is C[C@@H](O)c1cn(C2CN(S(=O)(=O)c3cccc(OC(F)(F)F)c3)C2)nn1. The molecule has 1 atom stereocenters. The lowest BCUT2D eigenvalue weighted by Crippen LogP contribution is -2.50. The molecule has 0 radical (unpaired) electrons. The number of halogens is 3. The number of alkyl halides is 3. The van der Waals surface area contributed by atoms with Crippen molar-refractivity contribution in [1.82, 2.24) is 19.3 Å². The zero-order chi connectivity index (χ0) is 19.1. The van der Waals surface area contributed by atoms with Crippen LogP contribution in [-0.2, 0) is 10.0 Å². The molecule has 3 rings (SSSR count). The van der Waals surface area contributed by atoms with Gasteiger partial charge in [0.05, 0.1) is 23.2 Å². The smallest absolute Gasteiger partial charge is 0.406 e. The highest BCUT2D eigenvalue weighted by molar-refractivity contribution is 7.89. The second-order valence-corrected chi connectivity index (χ2v) is 7.74. The van der Waals surface area contributed by atoms with Crippen LogP contribution >= 0.6 is 0 Å². The van der Waals surface area contributed by atoms with E-state index in [1.165, 1.54) is 29.9 Å². The zero-order valence-electron chi connectivity index (χ0n) is 13.5. The molecule has 26 heavy (non-hydrogen) atoms. The molecule has 2 aromatic rings. The van der Waals surface area contributed by atoms with E-state index in [9.17, 15) is 26.7 Å². The molecular formula is C14H15F3N4O4S. The average Bonchev–Trinajstić information content (AvgIpc) is 2.93. The first-order valence-electron chi connectivity index (χ1n) is 7.52. The van der Waals surface area contributed by atoms with Crippen molar-refractivity contribution < 1.29 is 31.4 Å². The van der Waals surface area contributed by atoms with Gasteiger partial charge < -0.3 is 9.84 Å². The van der Waals surface area contributed by atoms with Crippen LogP contribution in [0, 0.1) is 0 Å². The van der Waals surface area contributed by atoms with Crippen LogP contribution in [0.1, 0.15) is 24.8 Å². The van der Waals surface area contributed by atoms with Gasteiger partial charge in [-0.15, -0.1) is 18.3 Å². The fraction of sp³-hybridized carbons (Fsp3) is 0.429. The Kier molecular flexibility index (Phi) is 4.67. The summed E-state index contributed by atoms with van der Waals surface area (Å²) in [5.74, 6) is -0.603. The lowest BCUT2D eigenvalue weighted by Gasteiger charge is -2.37. The van der Waals surface area contributed by atoms with Gasteiger partial charge in [-0.05, 0) is 19.1 Å². The molecule has 0 bridgehead atoms. The Labute approximate surface area is 146 Å². The first-order valence-corrected chi connectivity index (χ1v) is 8.96. The summed E-state index contributed by atoms with van der Waals surface area (Å²) in [6, 6.07) is 3.97. The van der Waals surface area contributed by atoms with Crippen LogP contribution in [0.5, 0.6) is 5.75 Å². The molecule has 142 valence electrons. The van der Waals surface area contributed by atoms with Crippen molar-refractivity contribution >= 4 is 10.0 Å². The summed E-state index contributed by atoms with van der Waals surface area (Å²) in [7, 11) is -3.96. The summed E-state index contributed by atoms with van der Waals surface area (Å²) < 4.78 is 68.2. The molecule has 1 aliphatic heterocycles. The van der Waals surface area contributed by atoms with Crippen molar-refractivity contribution in [3.63, 3.8) is 0 Å². The minimum Gasteiger partial charge on any atom is -0.406 e. The van der Waals surface area contributed by atoms with Crippen LogP contribution in [0.15, 0.2) is 35.4 Å². The minimum absolute atomic E-state index is 0.0926. The highest BCUT2D eigenvalue weighted by Crippen LogP contribution is 2.31. The number of aliphatic hydroxyl groups excluding tert-OH is 1. The maximum absolute atomic E-state index is 12.5. The number of hydrogen-bond acceptors (Lipinski definition) is 6. The first-order chi connectivity index (χ1) is 12.1. The Morgan fingerprint density at radius 3 is 2.62 bits per heavy atom. The summed E-state index contributed by atoms with van der Waals surface area (Å²) in [6.07, 6.45) is -4.17. The Bertz CT molecular complexity index is 892. The second kappa shape index (κ2) is 6.52. The Morgan fingerprint density at radius 2 is 2.04 bits per heavy atom.